The van der Waals surface area contributed by atoms with Gasteiger partial charge < -0.3 is 28.4 Å². The van der Waals surface area contributed by atoms with Crippen molar-refractivity contribution in [2.75, 3.05) is 38.0 Å². The number of nitrogens with zero attached hydrogens (tertiary/aromatic N) is 3. The highest BCUT2D eigenvalue weighted by Gasteiger charge is 2.37. The maximum atomic E-state index is 16.0. The summed E-state index contributed by atoms with van der Waals surface area (Å²) < 4.78 is 95.9. The van der Waals surface area contributed by atoms with Crippen molar-refractivity contribution < 1.29 is 55.6 Å². The van der Waals surface area contributed by atoms with Crippen molar-refractivity contribution in [2.24, 2.45) is 5.10 Å². The number of carbonyl (C=O) groups is 2. The van der Waals surface area contributed by atoms with Crippen LogP contribution in [-0.2, 0) is 37.7 Å². The fourth-order valence-electron chi connectivity index (χ4n) is 6.24. The Bertz CT molecular complexity index is 2360. The predicted octanol–water partition coefficient (Wildman–Crippen LogP) is 11.9. The quantitative estimate of drug-likeness (QED) is 0.0120. The molecule has 0 atom stereocenters. The van der Waals surface area contributed by atoms with E-state index in [9.17, 15) is 9.59 Å². The number of aryl methyl sites for hydroxylation is 1. The molecule has 65 heavy (non-hydrogen) atoms. The molecular weight excluding hydrogens is 867 g/mol. The molecule has 1 aromatic heterocycles. The van der Waals surface area contributed by atoms with Gasteiger partial charge in [-0.2, -0.15) is 22.7 Å². The minimum absolute atomic E-state index is 0.0658. The van der Waals surface area contributed by atoms with Crippen molar-refractivity contribution in [2.45, 2.75) is 77.4 Å². The van der Waals surface area contributed by atoms with Gasteiger partial charge >= 0.3 is 24.2 Å². The van der Waals surface area contributed by atoms with E-state index in [2.05, 4.69) is 27.0 Å². The molecule has 0 fully saturated rings. The molecule has 11 nitrogen and oxygen atoms in total. The number of ether oxygens (including phenoxy) is 6. The Morgan fingerprint density at radius 2 is 1.29 bits per heavy atom. The summed E-state index contributed by atoms with van der Waals surface area (Å²) in [6.07, 6.45) is 1.83. The largest absolute Gasteiger partial charge is 0.493 e. The fraction of sp³-hybridized carbons (Fsp3) is 0.347. The van der Waals surface area contributed by atoms with Crippen LogP contribution in [0.5, 0.6) is 23.0 Å². The normalized spacial score (nSPS) is 11.6. The molecule has 0 aliphatic heterocycles. The van der Waals surface area contributed by atoms with Crippen LogP contribution in [0.4, 0.5) is 22.7 Å². The zero-order valence-corrected chi connectivity index (χ0v) is 37.3. The molecule has 0 amide bonds. The molecule has 0 radical (unpaired) electrons. The Morgan fingerprint density at radius 3 is 1.86 bits per heavy atom. The summed E-state index contributed by atoms with van der Waals surface area (Å²) in [5.41, 5.74) is 0.901. The molecule has 0 unspecified atom stereocenters. The lowest BCUT2D eigenvalue weighted by Crippen LogP contribution is -2.23. The average Bonchev–Trinajstić information content (AvgIpc) is 3.74. The summed E-state index contributed by atoms with van der Waals surface area (Å²) in [6.45, 7) is 11.8. The maximum absolute atomic E-state index is 16.0. The molecule has 16 heteroatoms. The Kier molecular flexibility index (Phi) is 18.8. The fourth-order valence-corrected chi connectivity index (χ4v) is 7.24. The van der Waals surface area contributed by atoms with Crippen LogP contribution in [0.1, 0.15) is 81.0 Å². The number of rotatable bonds is 28. The lowest BCUT2D eigenvalue weighted by atomic mass is 10.1. The monoisotopic (exact) mass is 919 g/mol. The number of unbranched alkanes of at least 4 members (excludes halogenated alkanes) is 3. The Morgan fingerprint density at radius 1 is 0.708 bits per heavy atom. The molecule has 0 saturated carbocycles. The van der Waals surface area contributed by atoms with Gasteiger partial charge in [0.15, 0.2) is 0 Å². The molecule has 4 aromatic carbocycles. The van der Waals surface area contributed by atoms with Crippen molar-refractivity contribution in [3.63, 3.8) is 0 Å². The maximum Gasteiger partial charge on any atom is 0.426 e. The SMILES string of the molecule is C=CC(=O)OCCCOc1ccc(C(F)(F)Oc2ccc(OC(F)(F)c3ccc(OCCCOC(=O)C=C)cc3)c(/C=N/N(CCCCCC)c3nc4c(CCC)cccc4s3)c2)cc1. The van der Waals surface area contributed by atoms with E-state index in [1.807, 2.05) is 18.2 Å². The number of carbonyl (C=O) groups excluding carboxylic acids is 2. The standard InChI is InChI=1S/C49H53F4N3O8S/c1-5-9-10-11-28-56(47-55-46-35(15-6-2)16-12-17-43(46)65-47)54-34-36-33-41(63-48(50,51)37-18-22-39(23-19-37)59-29-13-31-61-44(57)7-3)26-27-42(36)64-49(52,53)38-20-24-40(25-21-38)60-30-14-32-62-45(58)8-4/h7-8,12,16-27,33-34H,3-6,9-11,13-15,28-32H2,1-2H3/b54-34+. The van der Waals surface area contributed by atoms with Gasteiger partial charge in [0.05, 0.1) is 54.0 Å². The number of hydrogen-bond acceptors (Lipinski definition) is 12. The molecule has 1 heterocycles. The highest BCUT2D eigenvalue weighted by Crippen LogP contribution is 2.38. The van der Waals surface area contributed by atoms with E-state index in [0.717, 1.165) is 109 Å². The predicted molar refractivity (Wildman–Crippen MR) is 244 cm³/mol. The van der Waals surface area contributed by atoms with Crippen molar-refractivity contribution in [3.05, 3.63) is 132 Å². The Hall–Kier alpha value is -6.42. The van der Waals surface area contributed by atoms with E-state index in [1.165, 1.54) is 41.8 Å². The summed E-state index contributed by atoms with van der Waals surface area (Å²) >= 11 is 1.45. The summed E-state index contributed by atoms with van der Waals surface area (Å²) in [5, 5.41) is 7.00. The van der Waals surface area contributed by atoms with E-state index >= 15 is 17.6 Å². The van der Waals surface area contributed by atoms with Crippen LogP contribution in [-0.4, -0.2) is 56.1 Å². The van der Waals surface area contributed by atoms with Gasteiger partial charge in [0.1, 0.15) is 23.0 Å². The number of hydrogen-bond donors (Lipinski definition) is 0. The van der Waals surface area contributed by atoms with Gasteiger partial charge in [-0.05, 0) is 91.2 Å². The van der Waals surface area contributed by atoms with Crippen LogP contribution in [0.2, 0.25) is 0 Å². The van der Waals surface area contributed by atoms with Crippen molar-refractivity contribution in [1.82, 2.24) is 4.98 Å². The van der Waals surface area contributed by atoms with Gasteiger partial charge in [0.25, 0.3) is 0 Å². The number of fused-ring (bicyclic) bond motifs is 1. The molecule has 0 aliphatic carbocycles. The number of para-hydroxylation sites is 1. The van der Waals surface area contributed by atoms with E-state index < -0.39 is 35.3 Å². The van der Waals surface area contributed by atoms with Crippen LogP contribution >= 0.6 is 11.3 Å². The number of hydrazone groups is 1. The topological polar surface area (TPSA) is 118 Å². The minimum Gasteiger partial charge on any atom is -0.493 e. The molecule has 0 spiro atoms. The minimum atomic E-state index is -3.89. The van der Waals surface area contributed by atoms with Gasteiger partial charge in [-0.25, -0.2) is 19.6 Å². The van der Waals surface area contributed by atoms with Crippen LogP contribution < -0.4 is 24.0 Å². The second-order valence-electron chi connectivity index (χ2n) is 14.6. The molecule has 0 saturated heterocycles. The zero-order valence-electron chi connectivity index (χ0n) is 36.4. The second kappa shape index (κ2) is 24.6. The summed E-state index contributed by atoms with van der Waals surface area (Å²) in [6, 6.07) is 19.4. The third-order valence-corrected chi connectivity index (χ3v) is 10.6. The summed E-state index contributed by atoms with van der Waals surface area (Å²) in [5.74, 6) is -1.22. The van der Waals surface area contributed by atoms with Gasteiger partial charge in [0, 0.05) is 37.1 Å². The number of halogens is 4. The number of aromatic nitrogens is 1. The molecule has 0 bridgehead atoms. The lowest BCUT2D eigenvalue weighted by Gasteiger charge is -2.22. The van der Waals surface area contributed by atoms with Gasteiger partial charge in [-0.3, -0.25) is 0 Å². The number of esters is 2. The van der Waals surface area contributed by atoms with E-state index in [0.29, 0.717) is 36.0 Å². The van der Waals surface area contributed by atoms with Crippen molar-refractivity contribution in [3.8, 4) is 23.0 Å². The first-order valence-electron chi connectivity index (χ1n) is 21.4. The van der Waals surface area contributed by atoms with E-state index in [4.69, 9.17) is 38.5 Å². The molecule has 5 rings (SSSR count). The molecule has 0 aliphatic rings. The smallest absolute Gasteiger partial charge is 0.426 e. The van der Waals surface area contributed by atoms with Crippen molar-refractivity contribution in [1.29, 1.82) is 0 Å². The van der Waals surface area contributed by atoms with Gasteiger partial charge in [-0.1, -0.05) is 76.2 Å². The zero-order chi connectivity index (χ0) is 46.7. The Balaban J connectivity index is 1.40. The van der Waals surface area contributed by atoms with E-state index in [-0.39, 0.29) is 43.5 Å². The molecular formula is C49H53F4N3O8S. The third kappa shape index (κ3) is 15.1. The average molecular weight is 920 g/mol. The number of benzene rings is 4. The number of anilines is 1. The van der Waals surface area contributed by atoms with Crippen LogP contribution in [0.15, 0.2) is 115 Å². The molecule has 5 aromatic rings. The van der Waals surface area contributed by atoms with Gasteiger partial charge in [0.2, 0.25) is 5.13 Å². The third-order valence-electron chi connectivity index (χ3n) is 9.57. The van der Waals surface area contributed by atoms with Crippen LogP contribution in [0.25, 0.3) is 10.2 Å². The number of alkyl halides is 4. The highest BCUT2D eigenvalue weighted by molar-refractivity contribution is 7.22. The van der Waals surface area contributed by atoms with Gasteiger partial charge in [-0.15, -0.1) is 0 Å². The summed E-state index contributed by atoms with van der Waals surface area (Å²) in [7, 11) is 0. The van der Waals surface area contributed by atoms with E-state index in [1.54, 1.807) is 5.01 Å². The second-order valence-corrected chi connectivity index (χ2v) is 15.6. The number of thiazole rings is 1. The first-order valence-corrected chi connectivity index (χ1v) is 22.2. The van der Waals surface area contributed by atoms with Crippen LogP contribution in [0.3, 0.4) is 0 Å². The first-order chi connectivity index (χ1) is 31.3. The molecule has 346 valence electrons. The van der Waals surface area contributed by atoms with Crippen LogP contribution in [0, 0.1) is 0 Å². The lowest BCUT2D eigenvalue weighted by molar-refractivity contribution is -0.188. The highest BCUT2D eigenvalue weighted by atomic mass is 32.1. The summed E-state index contributed by atoms with van der Waals surface area (Å²) in [4.78, 5) is 27.4. The Labute approximate surface area is 380 Å². The molecule has 0 N–H and O–H groups in total. The van der Waals surface area contributed by atoms with Crippen molar-refractivity contribution >= 4 is 44.8 Å². The first kappa shape index (κ1) is 49.6.